The van der Waals surface area contributed by atoms with Crippen molar-refractivity contribution in [3.05, 3.63) is 35.9 Å². The number of carbonyl (C=O) groups is 1. The summed E-state index contributed by atoms with van der Waals surface area (Å²) in [6, 6.07) is 10.4. The van der Waals surface area contributed by atoms with E-state index in [-0.39, 0.29) is 18.2 Å². The molecule has 124 valence electrons. The second-order valence-electron chi connectivity index (χ2n) is 6.51. The van der Waals surface area contributed by atoms with Crippen molar-refractivity contribution in [2.75, 3.05) is 13.1 Å². The average molecular weight is 306 g/mol. The number of ether oxygens (including phenoxy) is 1. The molecule has 1 aromatic carbocycles. The zero-order chi connectivity index (χ0) is 16.8. The van der Waals surface area contributed by atoms with Crippen LogP contribution in [-0.2, 0) is 4.74 Å². The summed E-state index contributed by atoms with van der Waals surface area (Å²) in [5.74, 6) is 0. The Labute approximate surface area is 134 Å². The molecule has 0 unspecified atom stereocenters. The Bertz CT molecular complexity index is 450. The summed E-state index contributed by atoms with van der Waals surface area (Å²) in [6.45, 7) is 13.8. The third kappa shape index (κ3) is 5.68. The Hall–Kier alpha value is -1.55. The van der Waals surface area contributed by atoms with Gasteiger partial charge in [0.05, 0.1) is 6.04 Å². The van der Waals surface area contributed by atoms with E-state index in [1.54, 1.807) is 0 Å². The predicted octanol–water partition coefficient (Wildman–Crippen LogP) is 3.98. The maximum absolute atomic E-state index is 12.1. The first-order chi connectivity index (χ1) is 10.3. The molecule has 0 saturated carbocycles. The van der Waals surface area contributed by atoms with Gasteiger partial charge in [0, 0.05) is 6.04 Å². The van der Waals surface area contributed by atoms with Crippen LogP contribution in [0, 0.1) is 0 Å². The predicted molar refractivity (Wildman–Crippen MR) is 90.9 cm³/mol. The molecule has 0 bridgehead atoms. The van der Waals surface area contributed by atoms with Gasteiger partial charge in [-0.3, -0.25) is 4.90 Å². The van der Waals surface area contributed by atoms with Gasteiger partial charge < -0.3 is 10.1 Å². The summed E-state index contributed by atoms with van der Waals surface area (Å²) in [4.78, 5) is 14.4. The van der Waals surface area contributed by atoms with Crippen LogP contribution in [0.1, 0.15) is 53.1 Å². The standard InChI is InChI=1S/C18H30N2O2/c1-7-20(8-2)16(15-12-10-9-11-13-15)14(3)19-17(21)22-18(4,5)6/h9-14,16H,7-8H2,1-6H3,(H,19,21)/t14-,16+/m1/s1. The maximum atomic E-state index is 12.1. The molecule has 0 heterocycles. The highest BCUT2D eigenvalue weighted by molar-refractivity contribution is 5.68. The second-order valence-corrected chi connectivity index (χ2v) is 6.51. The minimum Gasteiger partial charge on any atom is -0.444 e. The molecule has 1 N–H and O–H groups in total. The lowest BCUT2D eigenvalue weighted by molar-refractivity contribution is 0.0470. The zero-order valence-corrected chi connectivity index (χ0v) is 14.7. The molecule has 0 spiro atoms. The van der Waals surface area contributed by atoms with Crippen LogP contribution in [0.2, 0.25) is 0 Å². The van der Waals surface area contributed by atoms with Gasteiger partial charge in [-0.2, -0.15) is 0 Å². The molecule has 1 amide bonds. The van der Waals surface area contributed by atoms with Crippen molar-refractivity contribution >= 4 is 6.09 Å². The van der Waals surface area contributed by atoms with Crippen LogP contribution in [0.5, 0.6) is 0 Å². The van der Waals surface area contributed by atoms with Crippen LogP contribution in [0.25, 0.3) is 0 Å². The fourth-order valence-electron chi connectivity index (χ4n) is 2.66. The monoisotopic (exact) mass is 306 g/mol. The van der Waals surface area contributed by atoms with E-state index < -0.39 is 5.60 Å². The van der Waals surface area contributed by atoms with E-state index in [0.29, 0.717) is 0 Å². The Kier molecular flexibility index (Phi) is 6.88. The van der Waals surface area contributed by atoms with Gasteiger partial charge in [-0.25, -0.2) is 4.79 Å². The lowest BCUT2D eigenvalue weighted by Gasteiger charge is -2.35. The van der Waals surface area contributed by atoms with Gasteiger partial charge in [-0.1, -0.05) is 44.2 Å². The van der Waals surface area contributed by atoms with Crippen LogP contribution in [0.4, 0.5) is 4.79 Å². The third-order valence-electron chi connectivity index (χ3n) is 3.56. The fraction of sp³-hybridized carbons (Fsp3) is 0.611. The normalized spacial score (nSPS) is 14.5. The van der Waals surface area contributed by atoms with E-state index in [1.807, 2.05) is 45.9 Å². The highest BCUT2D eigenvalue weighted by Crippen LogP contribution is 2.24. The van der Waals surface area contributed by atoms with E-state index in [1.165, 1.54) is 5.56 Å². The Morgan fingerprint density at radius 3 is 2.18 bits per heavy atom. The molecule has 4 nitrogen and oxygen atoms in total. The number of rotatable bonds is 6. The van der Waals surface area contributed by atoms with Crippen molar-refractivity contribution in [2.24, 2.45) is 0 Å². The van der Waals surface area contributed by atoms with Gasteiger partial charge in [-0.05, 0) is 46.3 Å². The smallest absolute Gasteiger partial charge is 0.407 e. The van der Waals surface area contributed by atoms with Gasteiger partial charge in [0.1, 0.15) is 5.60 Å². The Morgan fingerprint density at radius 2 is 1.73 bits per heavy atom. The summed E-state index contributed by atoms with van der Waals surface area (Å²) in [7, 11) is 0. The number of nitrogens with zero attached hydrogens (tertiary/aromatic N) is 1. The molecule has 22 heavy (non-hydrogen) atoms. The summed E-state index contributed by atoms with van der Waals surface area (Å²) in [5, 5.41) is 2.98. The van der Waals surface area contributed by atoms with Crippen LogP contribution in [-0.4, -0.2) is 35.7 Å². The molecule has 0 aromatic heterocycles. The zero-order valence-electron chi connectivity index (χ0n) is 14.7. The third-order valence-corrected chi connectivity index (χ3v) is 3.56. The number of nitrogens with one attached hydrogen (secondary N) is 1. The first-order valence-electron chi connectivity index (χ1n) is 8.07. The van der Waals surface area contributed by atoms with Crippen molar-refractivity contribution in [1.82, 2.24) is 10.2 Å². The first-order valence-corrected chi connectivity index (χ1v) is 8.07. The van der Waals surface area contributed by atoms with Gasteiger partial charge in [0.25, 0.3) is 0 Å². The molecule has 0 aliphatic carbocycles. The van der Waals surface area contributed by atoms with Crippen molar-refractivity contribution in [3.63, 3.8) is 0 Å². The molecule has 0 saturated heterocycles. The Balaban J connectivity index is 2.89. The SMILES string of the molecule is CCN(CC)[C@H](c1ccccc1)[C@@H](C)NC(=O)OC(C)(C)C. The maximum Gasteiger partial charge on any atom is 0.407 e. The van der Waals surface area contributed by atoms with E-state index in [4.69, 9.17) is 4.74 Å². The number of hydrogen-bond acceptors (Lipinski definition) is 3. The molecule has 0 aliphatic heterocycles. The number of hydrogen-bond donors (Lipinski definition) is 1. The van der Waals surface area contributed by atoms with E-state index in [0.717, 1.165) is 13.1 Å². The number of amides is 1. The minimum absolute atomic E-state index is 0.0443. The van der Waals surface area contributed by atoms with Crippen LogP contribution in [0.15, 0.2) is 30.3 Å². The summed E-state index contributed by atoms with van der Waals surface area (Å²) in [5.41, 5.74) is 0.719. The highest BCUT2D eigenvalue weighted by Gasteiger charge is 2.27. The lowest BCUT2D eigenvalue weighted by Crippen LogP contribution is -2.46. The molecular weight excluding hydrogens is 276 g/mol. The molecule has 1 aromatic rings. The molecule has 0 radical (unpaired) electrons. The molecule has 0 fully saturated rings. The van der Waals surface area contributed by atoms with Crippen LogP contribution < -0.4 is 5.32 Å². The summed E-state index contributed by atoms with van der Waals surface area (Å²) >= 11 is 0. The number of carbonyl (C=O) groups excluding carboxylic acids is 1. The Morgan fingerprint density at radius 1 is 1.18 bits per heavy atom. The van der Waals surface area contributed by atoms with Crippen molar-refractivity contribution in [1.29, 1.82) is 0 Å². The van der Waals surface area contributed by atoms with E-state index in [9.17, 15) is 4.79 Å². The molecule has 1 rings (SSSR count). The topological polar surface area (TPSA) is 41.6 Å². The van der Waals surface area contributed by atoms with Crippen molar-refractivity contribution < 1.29 is 9.53 Å². The van der Waals surface area contributed by atoms with Gasteiger partial charge >= 0.3 is 6.09 Å². The van der Waals surface area contributed by atoms with Gasteiger partial charge in [0.15, 0.2) is 0 Å². The van der Waals surface area contributed by atoms with E-state index in [2.05, 4.69) is 36.2 Å². The summed E-state index contributed by atoms with van der Waals surface area (Å²) < 4.78 is 5.37. The number of alkyl carbamates (subject to hydrolysis) is 1. The first kappa shape index (κ1) is 18.5. The molecule has 0 aliphatic rings. The number of benzene rings is 1. The molecular formula is C18H30N2O2. The summed E-state index contributed by atoms with van der Waals surface area (Å²) in [6.07, 6.45) is -0.368. The lowest BCUT2D eigenvalue weighted by atomic mass is 9.98. The fourth-order valence-corrected chi connectivity index (χ4v) is 2.66. The van der Waals surface area contributed by atoms with Crippen LogP contribution in [0.3, 0.4) is 0 Å². The average Bonchev–Trinajstić information content (AvgIpc) is 2.43. The van der Waals surface area contributed by atoms with Gasteiger partial charge in [0.2, 0.25) is 0 Å². The van der Waals surface area contributed by atoms with Crippen LogP contribution >= 0.6 is 0 Å². The highest BCUT2D eigenvalue weighted by atomic mass is 16.6. The molecule has 4 heteroatoms. The van der Waals surface area contributed by atoms with Gasteiger partial charge in [-0.15, -0.1) is 0 Å². The second kappa shape index (κ2) is 8.18. The van der Waals surface area contributed by atoms with Crippen molar-refractivity contribution in [2.45, 2.75) is 59.2 Å². The molecule has 2 atom stereocenters. The number of likely N-dealkylation sites (N-methyl/N-ethyl adjacent to an activating group) is 1. The quantitative estimate of drug-likeness (QED) is 0.864. The minimum atomic E-state index is -0.485. The van der Waals surface area contributed by atoms with Crippen molar-refractivity contribution in [3.8, 4) is 0 Å². The van der Waals surface area contributed by atoms with E-state index >= 15 is 0 Å². The largest absolute Gasteiger partial charge is 0.444 e.